The van der Waals surface area contributed by atoms with Gasteiger partial charge in [-0.3, -0.25) is 15.0 Å². The molecule has 0 aliphatic carbocycles. The summed E-state index contributed by atoms with van der Waals surface area (Å²) in [6.45, 7) is 4.44. The third kappa shape index (κ3) is 4.20. The molecule has 0 aromatic heterocycles. The average Bonchev–Trinajstić information content (AvgIpc) is 2.65. The number of aryl methyl sites for hydroxylation is 1. The molecular weight excluding hydrogens is 332 g/mol. The number of hydrogen-bond donors (Lipinski definition) is 1. The van der Waals surface area contributed by atoms with E-state index in [-0.39, 0.29) is 11.4 Å². The van der Waals surface area contributed by atoms with Gasteiger partial charge in [0.1, 0.15) is 11.8 Å². The lowest BCUT2D eigenvalue weighted by Crippen LogP contribution is -2.38. The first kappa shape index (κ1) is 17.9. The molecule has 1 saturated heterocycles. The highest BCUT2D eigenvalue weighted by atomic mass is 16.6. The van der Waals surface area contributed by atoms with Crippen molar-refractivity contribution in [3.63, 3.8) is 0 Å². The molecule has 26 heavy (non-hydrogen) atoms. The molecule has 1 heterocycles. The zero-order valence-electron chi connectivity index (χ0n) is 14.5. The molecule has 0 bridgehead atoms. The summed E-state index contributed by atoms with van der Waals surface area (Å²) in [4.78, 5) is 12.7. The summed E-state index contributed by atoms with van der Waals surface area (Å²) in [5.74, 6) is 6.32. The Morgan fingerprint density at radius 3 is 2.54 bits per heavy atom. The van der Waals surface area contributed by atoms with E-state index in [1.807, 2.05) is 31.2 Å². The Hall–Kier alpha value is -2.88. The number of nitro benzene ring substituents is 1. The van der Waals surface area contributed by atoms with Crippen LogP contribution in [0.3, 0.4) is 0 Å². The van der Waals surface area contributed by atoms with Gasteiger partial charge in [-0.05, 0) is 25.1 Å². The van der Waals surface area contributed by atoms with Gasteiger partial charge >= 0.3 is 0 Å². The van der Waals surface area contributed by atoms with E-state index in [1.165, 1.54) is 18.2 Å². The summed E-state index contributed by atoms with van der Waals surface area (Å²) in [7, 11) is 0. The summed E-state index contributed by atoms with van der Waals surface area (Å²) < 4.78 is 5.39. The number of non-ortho nitro benzene ring substituents is 1. The van der Waals surface area contributed by atoms with E-state index >= 15 is 0 Å². The predicted molar refractivity (Wildman–Crippen MR) is 98.0 cm³/mol. The van der Waals surface area contributed by atoms with E-state index < -0.39 is 11.0 Å². The fourth-order valence-corrected chi connectivity index (χ4v) is 2.86. The van der Waals surface area contributed by atoms with Gasteiger partial charge in [0.15, 0.2) is 0 Å². The summed E-state index contributed by atoms with van der Waals surface area (Å²) in [5, 5.41) is 21.4. The molecule has 0 radical (unpaired) electrons. The normalized spacial score (nSPS) is 15.7. The van der Waals surface area contributed by atoms with Crippen molar-refractivity contribution in [3.8, 4) is 17.6 Å². The molecule has 1 atom stereocenters. The summed E-state index contributed by atoms with van der Waals surface area (Å²) >= 11 is 0. The van der Waals surface area contributed by atoms with Crippen LogP contribution >= 0.6 is 0 Å². The van der Waals surface area contributed by atoms with E-state index in [0.717, 1.165) is 11.1 Å². The molecule has 1 aliphatic rings. The lowest BCUT2D eigenvalue weighted by molar-refractivity contribution is -0.385. The first-order valence-electron chi connectivity index (χ1n) is 8.42. The number of nitro groups is 1. The molecule has 2 aromatic rings. The van der Waals surface area contributed by atoms with Crippen molar-refractivity contribution < 1.29 is 14.8 Å². The molecule has 1 unspecified atom stereocenters. The zero-order valence-corrected chi connectivity index (χ0v) is 14.5. The van der Waals surface area contributed by atoms with Crippen LogP contribution in [0.1, 0.15) is 22.7 Å². The van der Waals surface area contributed by atoms with Crippen LogP contribution in [0.15, 0.2) is 42.5 Å². The number of phenolic OH excluding ortho intramolecular Hbond substituents is 1. The smallest absolute Gasteiger partial charge is 0.270 e. The lowest BCUT2D eigenvalue weighted by atomic mass is 10.0. The van der Waals surface area contributed by atoms with E-state index in [4.69, 9.17) is 4.74 Å². The molecule has 0 saturated carbocycles. The number of phenols is 1. The van der Waals surface area contributed by atoms with Gasteiger partial charge in [0.25, 0.3) is 5.69 Å². The van der Waals surface area contributed by atoms with Crippen molar-refractivity contribution in [1.82, 2.24) is 4.90 Å². The van der Waals surface area contributed by atoms with Crippen LogP contribution in [0.4, 0.5) is 5.69 Å². The van der Waals surface area contributed by atoms with Gasteiger partial charge in [0.05, 0.1) is 18.1 Å². The quantitative estimate of drug-likeness (QED) is 0.522. The van der Waals surface area contributed by atoms with Gasteiger partial charge in [-0.2, -0.15) is 0 Å². The van der Waals surface area contributed by atoms with E-state index in [2.05, 4.69) is 16.7 Å². The maximum absolute atomic E-state index is 11.1. The Kier molecular flexibility index (Phi) is 5.52. The lowest BCUT2D eigenvalue weighted by Gasteiger charge is -2.32. The second-order valence-electron chi connectivity index (χ2n) is 6.19. The SMILES string of the molecule is Cc1ccc(C#CC(c2cc([N+](=O)[O-])ccc2O)N2CCOCC2)cc1. The van der Waals surface area contributed by atoms with Crippen LogP contribution in [-0.2, 0) is 4.74 Å². The van der Waals surface area contributed by atoms with Crippen LogP contribution in [0, 0.1) is 28.9 Å². The molecule has 0 amide bonds. The maximum Gasteiger partial charge on any atom is 0.270 e. The third-order valence-corrected chi connectivity index (χ3v) is 4.33. The molecular formula is C20H20N2O4. The number of ether oxygens (including phenoxy) is 1. The van der Waals surface area contributed by atoms with Gasteiger partial charge in [0.2, 0.25) is 0 Å². The Morgan fingerprint density at radius 2 is 1.88 bits per heavy atom. The van der Waals surface area contributed by atoms with Crippen molar-refractivity contribution in [2.75, 3.05) is 26.3 Å². The van der Waals surface area contributed by atoms with Crippen LogP contribution in [0.25, 0.3) is 0 Å². The van der Waals surface area contributed by atoms with Gasteiger partial charge in [-0.15, -0.1) is 0 Å². The van der Waals surface area contributed by atoms with Crippen molar-refractivity contribution in [3.05, 3.63) is 69.3 Å². The molecule has 6 heteroatoms. The maximum atomic E-state index is 11.1. The highest BCUT2D eigenvalue weighted by Gasteiger charge is 2.25. The number of hydrogen-bond acceptors (Lipinski definition) is 5. The van der Waals surface area contributed by atoms with E-state index in [0.29, 0.717) is 31.9 Å². The fraction of sp³-hybridized carbons (Fsp3) is 0.300. The highest BCUT2D eigenvalue weighted by Crippen LogP contribution is 2.32. The van der Waals surface area contributed by atoms with Gasteiger partial charge < -0.3 is 9.84 Å². The van der Waals surface area contributed by atoms with Gasteiger partial charge in [-0.1, -0.05) is 29.5 Å². The zero-order chi connectivity index (χ0) is 18.5. The molecule has 1 N–H and O–H groups in total. The molecule has 134 valence electrons. The fourth-order valence-electron chi connectivity index (χ4n) is 2.86. The van der Waals surface area contributed by atoms with Crippen molar-refractivity contribution >= 4 is 5.69 Å². The second-order valence-corrected chi connectivity index (χ2v) is 6.19. The highest BCUT2D eigenvalue weighted by molar-refractivity contribution is 5.48. The van der Waals surface area contributed by atoms with Crippen LogP contribution < -0.4 is 0 Å². The van der Waals surface area contributed by atoms with E-state index in [9.17, 15) is 15.2 Å². The van der Waals surface area contributed by atoms with Crippen LogP contribution in [0.5, 0.6) is 5.75 Å². The molecule has 1 fully saturated rings. The summed E-state index contributed by atoms with van der Waals surface area (Å²) in [6.07, 6.45) is 0. The van der Waals surface area contributed by atoms with Crippen molar-refractivity contribution in [1.29, 1.82) is 0 Å². The minimum absolute atomic E-state index is 0.00491. The van der Waals surface area contributed by atoms with Crippen molar-refractivity contribution in [2.45, 2.75) is 13.0 Å². The molecule has 1 aliphatic heterocycles. The third-order valence-electron chi connectivity index (χ3n) is 4.33. The molecule has 0 spiro atoms. The summed E-state index contributed by atoms with van der Waals surface area (Å²) in [6, 6.07) is 11.5. The second kappa shape index (κ2) is 8.00. The first-order valence-corrected chi connectivity index (χ1v) is 8.42. The van der Waals surface area contributed by atoms with E-state index in [1.54, 1.807) is 0 Å². The van der Waals surface area contributed by atoms with Gasteiger partial charge in [-0.25, -0.2) is 0 Å². The molecule has 6 nitrogen and oxygen atoms in total. The Balaban J connectivity index is 2.00. The predicted octanol–water partition coefficient (Wildman–Crippen LogP) is 3.03. The standard InChI is InChI=1S/C20H20N2O4/c1-15-2-4-16(5-3-15)6-8-19(21-10-12-26-13-11-21)18-14-17(22(24)25)7-9-20(18)23/h2-5,7,9,14,19,23H,10-13H2,1H3. The van der Waals surface area contributed by atoms with Crippen LogP contribution in [-0.4, -0.2) is 41.2 Å². The number of benzene rings is 2. The average molecular weight is 352 g/mol. The Labute approximate surface area is 152 Å². The Morgan fingerprint density at radius 1 is 1.19 bits per heavy atom. The molecule has 2 aromatic carbocycles. The largest absolute Gasteiger partial charge is 0.508 e. The Bertz CT molecular complexity index is 846. The van der Waals surface area contributed by atoms with Crippen molar-refractivity contribution in [2.24, 2.45) is 0 Å². The molecule has 3 rings (SSSR count). The minimum Gasteiger partial charge on any atom is -0.508 e. The topological polar surface area (TPSA) is 75.8 Å². The monoisotopic (exact) mass is 352 g/mol. The number of nitrogens with zero attached hydrogens (tertiary/aromatic N) is 2. The number of rotatable bonds is 3. The van der Waals surface area contributed by atoms with Crippen LogP contribution in [0.2, 0.25) is 0 Å². The first-order chi connectivity index (χ1) is 12.5. The van der Waals surface area contributed by atoms with Gasteiger partial charge in [0, 0.05) is 36.3 Å². The number of aromatic hydroxyl groups is 1. The number of morpholine rings is 1. The summed E-state index contributed by atoms with van der Waals surface area (Å²) in [5.41, 5.74) is 2.39. The minimum atomic E-state index is -0.466.